The molecule has 0 aliphatic carbocycles. The summed E-state index contributed by atoms with van der Waals surface area (Å²) in [6.45, 7) is 7.42. The summed E-state index contributed by atoms with van der Waals surface area (Å²) < 4.78 is 10.8. The van der Waals surface area contributed by atoms with Gasteiger partial charge in [-0.05, 0) is 18.8 Å². The van der Waals surface area contributed by atoms with Crippen LogP contribution < -0.4 is 10.6 Å². The second-order valence-electron chi connectivity index (χ2n) is 4.98. The van der Waals surface area contributed by atoms with E-state index in [0.717, 1.165) is 32.6 Å². The van der Waals surface area contributed by atoms with Crippen molar-refractivity contribution in [3.05, 3.63) is 5.89 Å². The van der Waals surface area contributed by atoms with Crippen molar-refractivity contribution in [2.24, 2.45) is 5.92 Å². The van der Waals surface area contributed by atoms with Crippen molar-refractivity contribution in [1.82, 2.24) is 15.5 Å². The molecule has 1 atom stereocenters. The highest BCUT2D eigenvalue weighted by Gasteiger charge is 2.15. The molecule has 2 N–H and O–H groups in total. The van der Waals surface area contributed by atoms with Gasteiger partial charge in [0, 0.05) is 25.8 Å². The number of ether oxygens (including phenoxy) is 1. The molecule has 0 aromatic carbocycles. The molecule has 1 unspecified atom stereocenters. The number of nitrogens with one attached hydrogen (secondary N) is 2. The number of aromatic nitrogens is 2. The van der Waals surface area contributed by atoms with Gasteiger partial charge >= 0.3 is 6.01 Å². The minimum Gasteiger partial charge on any atom is -0.407 e. The molecule has 1 saturated heterocycles. The lowest BCUT2D eigenvalue weighted by atomic mass is 10.1. The first kappa shape index (κ1) is 13.3. The molecule has 0 bridgehead atoms. The van der Waals surface area contributed by atoms with Crippen LogP contribution in [0.4, 0.5) is 6.01 Å². The van der Waals surface area contributed by atoms with Gasteiger partial charge in [-0.2, -0.15) is 0 Å². The predicted molar refractivity (Wildman–Crippen MR) is 68.3 cm³/mol. The van der Waals surface area contributed by atoms with Gasteiger partial charge in [-0.3, -0.25) is 0 Å². The first-order valence-corrected chi connectivity index (χ1v) is 6.61. The van der Waals surface area contributed by atoms with Crippen molar-refractivity contribution in [2.45, 2.75) is 39.3 Å². The number of anilines is 1. The first-order chi connectivity index (χ1) is 8.74. The Morgan fingerprint density at radius 1 is 1.39 bits per heavy atom. The third-order valence-corrected chi connectivity index (χ3v) is 2.98. The van der Waals surface area contributed by atoms with E-state index in [-0.39, 0.29) is 0 Å². The fraction of sp³-hybridized carbons (Fsp3) is 0.833. The largest absolute Gasteiger partial charge is 0.407 e. The molecule has 0 saturated carbocycles. The lowest BCUT2D eigenvalue weighted by molar-refractivity contribution is 0.185. The van der Waals surface area contributed by atoms with E-state index in [9.17, 15) is 0 Å². The Balaban J connectivity index is 1.66. The molecule has 0 spiro atoms. The van der Waals surface area contributed by atoms with Crippen LogP contribution in [0.2, 0.25) is 0 Å². The molecule has 1 aliphatic heterocycles. The van der Waals surface area contributed by atoms with Crippen LogP contribution in [-0.2, 0) is 11.3 Å². The Morgan fingerprint density at radius 3 is 3.00 bits per heavy atom. The SMILES string of the molecule is CC(C)NCc1nnc(NCCC2CCOC2)o1. The van der Waals surface area contributed by atoms with Crippen LogP contribution in [0.15, 0.2) is 4.42 Å². The van der Waals surface area contributed by atoms with E-state index in [1.807, 2.05) is 0 Å². The first-order valence-electron chi connectivity index (χ1n) is 6.61. The highest BCUT2D eigenvalue weighted by atomic mass is 16.5. The van der Waals surface area contributed by atoms with Crippen LogP contribution in [0.1, 0.15) is 32.6 Å². The Hall–Kier alpha value is -1.14. The van der Waals surface area contributed by atoms with Crippen molar-refractivity contribution in [1.29, 1.82) is 0 Å². The molecule has 1 aromatic rings. The summed E-state index contributed by atoms with van der Waals surface area (Å²) in [7, 11) is 0. The maximum Gasteiger partial charge on any atom is 0.315 e. The van der Waals surface area contributed by atoms with Gasteiger partial charge in [0.2, 0.25) is 5.89 Å². The van der Waals surface area contributed by atoms with Crippen LogP contribution in [0.3, 0.4) is 0 Å². The quantitative estimate of drug-likeness (QED) is 0.766. The van der Waals surface area contributed by atoms with Crippen LogP contribution >= 0.6 is 0 Å². The average molecular weight is 254 g/mol. The van der Waals surface area contributed by atoms with E-state index in [4.69, 9.17) is 9.15 Å². The minimum absolute atomic E-state index is 0.413. The molecule has 18 heavy (non-hydrogen) atoms. The molecule has 2 heterocycles. The Kier molecular flexibility index (Phi) is 4.95. The summed E-state index contributed by atoms with van der Waals surface area (Å²) in [5.74, 6) is 1.29. The number of hydrogen-bond acceptors (Lipinski definition) is 6. The standard InChI is InChI=1S/C12H22N4O2/c1-9(2)14-7-11-15-16-12(18-11)13-5-3-10-4-6-17-8-10/h9-10,14H,3-8H2,1-2H3,(H,13,16). The van der Waals surface area contributed by atoms with E-state index in [1.165, 1.54) is 0 Å². The van der Waals surface area contributed by atoms with Gasteiger partial charge in [0.15, 0.2) is 0 Å². The van der Waals surface area contributed by atoms with E-state index in [1.54, 1.807) is 0 Å². The summed E-state index contributed by atoms with van der Waals surface area (Å²) in [5.41, 5.74) is 0. The zero-order valence-electron chi connectivity index (χ0n) is 11.1. The summed E-state index contributed by atoms with van der Waals surface area (Å²) in [6, 6.07) is 0.921. The van der Waals surface area contributed by atoms with Gasteiger partial charge in [0.25, 0.3) is 0 Å². The molecule has 1 aliphatic rings. The van der Waals surface area contributed by atoms with Gasteiger partial charge in [0.1, 0.15) is 0 Å². The maximum atomic E-state index is 5.47. The van der Waals surface area contributed by atoms with Crippen molar-refractivity contribution in [2.75, 3.05) is 25.1 Å². The van der Waals surface area contributed by atoms with E-state index < -0.39 is 0 Å². The molecule has 1 aromatic heterocycles. The number of rotatable bonds is 7. The number of nitrogens with zero attached hydrogens (tertiary/aromatic N) is 2. The lowest BCUT2D eigenvalue weighted by Crippen LogP contribution is -2.21. The topological polar surface area (TPSA) is 72.2 Å². The molecular weight excluding hydrogens is 232 g/mol. The molecule has 2 rings (SSSR count). The van der Waals surface area contributed by atoms with Crippen LogP contribution in [-0.4, -0.2) is 36.0 Å². The second-order valence-corrected chi connectivity index (χ2v) is 4.98. The molecule has 1 fully saturated rings. The summed E-state index contributed by atoms with van der Waals surface area (Å²) in [4.78, 5) is 0. The Morgan fingerprint density at radius 2 is 2.28 bits per heavy atom. The van der Waals surface area contributed by atoms with Gasteiger partial charge in [-0.25, -0.2) is 0 Å². The van der Waals surface area contributed by atoms with Crippen LogP contribution in [0, 0.1) is 5.92 Å². The smallest absolute Gasteiger partial charge is 0.315 e. The fourth-order valence-electron chi connectivity index (χ4n) is 1.88. The van der Waals surface area contributed by atoms with Crippen molar-refractivity contribution >= 4 is 6.01 Å². The van der Waals surface area contributed by atoms with Gasteiger partial charge in [0.05, 0.1) is 6.54 Å². The molecule has 0 radical (unpaired) electrons. The Labute approximate surface area is 107 Å². The zero-order valence-corrected chi connectivity index (χ0v) is 11.1. The third-order valence-electron chi connectivity index (χ3n) is 2.98. The molecule has 6 nitrogen and oxygen atoms in total. The third kappa shape index (κ3) is 4.27. The maximum absolute atomic E-state index is 5.47. The van der Waals surface area contributed by atoms with Crippen molar-refractivity contribution in [3.8, 4) is 0 Å². The van der Waals surface area contributed by atoms with Crippen molar-refractivity contribution in [3.63, 3.8) is 0 Å². The lowest BCUT2D eigenvalue weighted by Gasteiger charge is -2.06. The van der Waals surface area contributed by atoms with Gasteiger partial charge in [-0.1, -0.05) is 18.9 Å². The van der Waals surface area contributed by atoms with Crippen LogP contribution in [0.5, 0.6) is 0 Å². The zero-order chi connectivity index (χ0) is 12.8. The normalized spacial score (nSPS) is 19.6. The summed E-state index contributed by atoms with van der Waals surface area (Å²) >= 11 is 0. The summed E-state index contributed by atoms with van der Waals surface area (Å²) in [6.07, 6.45) is 2.25. The van der Waals surface area contributed by atoms with E-state index in [0.29, 0.717) is 30.4 Å². The van der Waals surface area contributed by atoms with Crippen molar-refractivity contribution < 1.29 is 9.15 Å². The highest BCUT2D eigenvalue weighted by molar-refractivity contribution is 5.16. The van der Waals surface area contributed by atoms with E-state index in [2.05, 4.69) is 34.7 Å². The van der Waals surface area contributed by atoms with Gasteiger partial charge in [-0.15, -0.1) is 5.10 Å². The molecule has 102 valence electrons. The summed E-state index contributed by atoms with van der Waals surface area (Å²) in [5, 5.41) is 14.3. The highest BCUT2D eigenvalue weighted by Crippen LogP contribution is 2.16. The van der Waals surface area contributed by atoms with Crippen LogP contribution in [0.25, 0.3) is 0 Å². The molecule has 6 heteroatoms. The Bertz CT molecular complexity index is 348. The monoisotopic (exact) mass is 254 g/mol. The average Bonchev–Trinajstić information content (AvgIpc) is 2.97. The van der Waals surface area contributed by atoms with E-state index >= 15 is 0 Å². The second kappa shape index (κ2) is 6.70. The molecule has 0 amide bonds. The predicted octanol–water partition coefficient (Wildman–Crippen LogP) is 1.41. The minimum atomic E-state index is 0.413. The fourth-order valence-corrected chi connectivity index (χ4v) is 1.88. The number of hydrogen-bond donors (Lipinski definition) is 2. The van der Waals surface area contributed by atoms with Gasteiger partial charge < -0.3 is 19.8 Å². The molecular formula is C12H22N4O2.